The summed E-state index contributed by atoms with van der Waals surface area (Å²) in [5.74, 6) is 0.624. The lowest BCUT2D eigenvalue weighted by Gasteiger charge is -2.29. The highest BCUT2D eigenvalue weighted by Gasteiger charge is 2.28. The fourth-order valence-corrected chi connectivity index (χ4v) is 5.29. The van der Waals surface area contributed by atoms with Crippen LogP contribution in [0.4, 0.5) is 5.88 Å². The lowest BCUT2D eigenvalue weighted by molar-refractivity contribution is 0.102. The molecule has 4 rings (SSSR count). The van der Waals surface area contributed by atoms with Gasteiger partial charge in [0, 0.05) is 24.2 Å². The van der Waals surface area contributed by atoms with Crippen molar-refractivity contribution in [1.82, 2.24) is 9.46 Å². The number of hydrogen-bond acceptors (Lipinski definition) is 5. The van der Waals surface area contributed by atoms with E-state index >= 15 is 0 Å². The van der Waals surface area contributed by atoms with Crippen molar-refractivity contribution in [2.24, 2.45) is 5.92 Å². The standard InChI is InChI=1S/C20H25N3O4S/c1-14-10-12-23(13-11-14)28(25,26)16-8-6-15(7-9-16)19(24)21-20-17-4-2-3-5-18(17)22-27-20/h6-9,14H,2-5,10-13H2,1H3,(H,21,24). The molecule has 1 saturated heterocycles. The van der Waals surface area contributed by atoms with Gasteiger partial charge < -0.3 is 4.52 Å². The molecule has 1 aromatic heterocycles. The van der Waals surface area contributed by atoms with Crippen molar-refractivity contribution < 1.29 is 17.7 Å². The molecule has 1 aliphatic heterocycles. The first-order chi connectivity index (χ1) is 13.4. The number of nitrogens with one attached hydrogen (secondary N) is 1. The van der Waals surface area contributed by atoms with Crippen LogP contribution in [0, 0.1) is 5.92 Å². The Labute approximate surface area is 165 Å². The van der Waals surface area contributed by atoms with Crippen LogP contribution in [0.3, 0.4) is 0 Å². The van der Waals surface area contributed by atoms with Crippen LogP contribution < -0.4 is 5.32 Å². The van der Waals surface area contributed by atoms with E-state index in [-0.39, 0.29) is 10.8 Å². The molecule has 28 heavy (non-hydrogen) atoms. The van der Waals surface area contributed by atoms with Gasteiger partial charge in [0.15, 0.2) is 0 Å². The van der Waals surface area contributed by atoms with Crippen LogP contribution >= 0.6 is 0 Å². The van der Waals surface area contributed by atoms with E-state index in [9.17, 15) is 13.2 Å². The average molecular weight is 404 g/mol. The highest BCUT2D eigenvalue weighted by molar-refractivity contribution is 7.89. The SMILES string of the molecule is CC1CCN(S(=O)(=O)c2ccc(C(=O)Nc3onc4c3CCCC4)cc2)CC1. The summed E-state index contributed by atoms with van der Waals surface area (Å²) in [5, 5.41) is 6.80. The maximum Gasteiger partial charge on any atom is 0.258 e. The van der Waals surface area contributed by atoms with Gasteiger partial charge >= 0.3 is 0 Å². The number of aromatic nitrogens is 1. The zero-order valence-electron chi connectivity index (χ0n) is 16.0. The number of carbonyl (C=O) groups excluding carboxylic acids is 1. The third kappa shape index (κ3) is 3.71. The number of rotatable bonds is 4. The summed E-state index contributed by atoms with van der Waals surface area (Å²) < 4.78 is 32.4. The minimum Gasteiger partial charge on any atom is -0.338 e. The van der Waals surface area contributed by atoms with Crippen LogP contribution in [0.5, 0.6) is 0 Å². The number of fused-ring (bicyclic) bond motifs is 1. The van der Waals surface area contributed by atoms with E-state index in [4.69, 9.17) is 4.52 Å². The number of sulfonamides is 1. The van der Waals surface area contributed by atoms with Crippen molar-refractivity contribution in [3.8, 4) is 0 Å². The highest BCUT2D eigenvalue weighted by atomic mass is 32.2. The number of anilines is 1. The Hall–Kier alpha value is -2.19. The van der Waals surface area contributed by atoms with Crippen LogP contribution in [0.25, 0.3) is 0 Å². The molecule has 1 fully saturated rings. The van der Waals surface area contributed by atoms with Crippen LogP contribution in [0.2, 0.25) is 0 Å². The summed E-state index contributed by atoms with van der Waals surface area (Å²) >= 11 is 0. The number of benzene rings is 1. The molecule has 2 heterocycles. The van der Waals surface area contributed by atoms with Crippen LogP contribution in [-0.2, 0) is 22.9 Å². The molecule has 2 aliphatic rings. The number of piperidine rings is 1. The smallest absolute Gasteiger partial charge is 0.258 e. The third-order valence-electron chi connectivity index (χ3n) is 5.68. The number of amides is 1. The fraction of sp³-hybridized carbons (Fsp3) is 0.500. The van der Waals surface area contributed by atoms with Crippen LogP contribution in [-0.4, -0.2) is 36.9 Å². The van der Waals surface area contributed by atoms with Crippen molar-refractivity contribution in [1.29, 1.82) is 0 Å². The van der Waals surface area contributed by atoms with Gasteiger partial charge in [0.25, 0.3) is 5.91 Å². The average Bonchev–Trinajstić information content (AvgIpc) is 3.11. The summed E-state index contributed by atoms with van der Waals surface area (Å²) in [5.41, 5.74) is 2.27. The number of aryl methyl sites for hydroxylation is 1. The molecular formula is C20H25N3O4S. The van der Waals surface area contributed by atoms with Gasteiger partial charge in [-0.1, -0.05) is 12.1 Å². The van der Waals surface area contributed by atoms with E-state index in [1.807, 2.05) is 0 Å². The van der Waals surface area contributed by atoms with Crippen molar-refractivity contribution >= 4 is 21.8 Å². The Kier molecular flexibility index (Phi) is 5.25. The van der Waals surface area contributed by atoms with Crippen molar-refractivity contribution in [2.75, 3.05) is 18.4 Å². The van der Waals surface area contributed by atoms with Crippen LogP contribution in [0.15, 0.2) is 33.7 Å². The molecule has 1 amide bonds. The third-order valence-corrected chi connectivity index (χ3v) is 7.60. The predicted octanol–water partition coefficient (Wildman–Crippen LogP) is 3.23. The molecule has 1 aliphatic carbocycles. The molecule has 0 spiro atoms. The van der Waals surface area contributed by atoms with E-state index in [2.05, 4.69) is 17.4 Å². The maximum atomic E-state index is 12.8. The molecule has 0 unspecified atom stereocenters. The first-order valence-corrected chi connectivity index (χ1v) is 11.3. The van der Waals surface area contributed by atoms with Gasteiger partial charge in [-0.05, 0) is 68.7 Å². The topological polar surface area (TPSA) is 92.5 Å². The Balaban J connectivity index is 1.47. The second-order valence-corrected chi connectivity index (χ2v) is 9.65. The van der Waals surface area contributed by atoms with Gasteiger partial charge in [-0.25, -0.2) is 8.42 Å². The second kappa shape index (κ2) is 7.67. The lowest BCUT2D eigenvalue weighted by Crippen LogP contribution is -2.37. The fourth-order valence-electron chi connectivity index (χ4n) is 3.82. The summed E-state index contributed by atoms with van der Waals surface area (Å²) in [6.07, 6.45) is 5.61. The predicted molar refractivity (Wildman–Crippen MR) is 105 cm³/mol. The zero-order valence-corrected chi connectivity index (χ0v) is 16.8. The van der Waals surface area contributed by atoms with Gasteiger partial charge in [0.05, 0.1) is 10.6 Å². The molecule has 0 bridgehead atoms. The molecule has 1 N–H and O–H groups in total. The van der Waals surface area contributed by atoms with Crippen molar-refractivity contribution in [3.63, 3.8) is 0 Å². The van der Waals surface area contributed by atoms with E-state index in [0.717, 1.165) is 49.8 Å². The van der Waals surface area contributed by atoms with Crippen LogP contribution in [0.1, 0.15) is 54.2 Å². The van der Waals surface area contributed by atoms with E-state index in [1.54, 1.807) is 0 Å². The van der Waals surface area contributed by atoms with Crippen molar-refractivity contribution in [3.05, 3.63) is 41.1 Å². The van der Waals surface area contributed by atoms with Gasteiger partial charge in [0.1, 0.15) is 0 Å². The zero-order chi connectivity index (χ0) is 19.7. The molecular weight excluding hydrogens is 378 g/mol. The van der Waals surface area contributed by atoms with Gasteiger partial charge in [0.2, 0.25) is 15.9 Å². The summed E-state index contributed by atoms with van der Waals surface area (Å²) in [7, 11) is -3.52. The number of hydrogen-bond donors (Lipinski definition) is 1. The minimum absolute atomic E-state index is 0.218. The summed E-state index contributed by atoms with van der Waals surface area (Å²) in [6.45, 7) is 3.23. The van der Waals surface area contributed by atoms with Gasteiger partial charge in [-0.15, -0.1) is 0 Å². The monoisotopic (exact) mass is 403 g/mol. The second-order valence-electron chi connectivity index (χ2n) is 7.71. The quantitative estimate of drug-likeness (QED) is 0.846. The minimum atomic E-state index is -3.52. The Morgan fingerprint density at radius 3 is 2.54 bits per heavy atom. The maximum absolute atomic E-state index is 12.8. The molecule has 150 valence electrons. The number of carbonyl (C=O) groups is 1. The lowest BCUT2D eigenvalue weighted by atomic mass is 9.97. The molecule has 0 atom stereocenters. The van der Waals surface area contributed by atoms with E-state index < -0.39 is 10.0 Å². The molecule has 8 heteroatoms. The highest BCUT2D eigenvalue weighted by Crippen LogP contribution is 2.28. The molecule has 1 aromatic carbocycles. The molecule has 7 nitrogen and oxygen atoms in total. The molecule has 2 aromatic rings. The Bertz CT molecular complexity index is 958. The summed E-state index contributed by atoms with van der Waals surface area (Å²) in [6, 6.07) is 6.07. The van der Waals surface area contributed by atoms with Gasteiger partial charge in [-0.2, -0.15) is 4.31 Å². The normalized spacial score (nSPS) is 18.6. The van der Waals surface area contributed by atoms with Gasteiger partial charge in [-0.3, -0.25) is 10.1 Å². The summed E-state index contributed by atoms with van der Waals surface area (Å²) in [4.78, 5) is 12.8. The van der Waals surface area contributed by atoms with E-state index in [0.29, 0.717) is 30.5 Å². The largest absolute Gasteiger partial charge is 0.338 e. The van der Waals surface area contributed by atoms with E-state index in [1.165, 1.54) is 28.6 Å². The molecule has 0 saturated carbocycles. The number of nitrogens with zero attached hydrogens (tertiary/aromatic N) is 2. The van der Waals surface area contributed by atoms with Crippen molar-refractivity contribution in [2.45, 2.75) is 50.3 Å². The first kappa shape index (κ1) is 19.1. The Morgan fingerprint density at radius 2 is 1.82 bits per heavy atom. The Morgan fingerprint density at radius 1 is 1.14 bits per heavy atom. The first-order valence-electron chi connectivity index (χ1n) is 9.84. The molecule has 0 radical (unpaired) electrons.